The molecule has 226 valence electrons. The van der Waals surface area contributed by atoms with E-state index in [0.717, 1.165) is 32.1 Å². The Kier molecular flexibility index (Phi) is 9.25. The summed E-state index contributed by atoms with van der Waals surface area (Å²) in [6.45, 7) is 5.94. The number of carbonyl (C=O) groups excluding carboxylic acids is 3. The van der Waals surface area contributed by atoms with Crippen LogP contribution >= 0.6 is 11.6 Å². The largest absolute Gasteiger partial charge is 0.456 e. The number of tetrazole rings is 1. The van der Waals surface area contributed by atoms with E-state index >= 15 is 0 Å². The molecule has 2 amide bonds. The molecule has 2 fully saturated rings. The summed E-state index contributed by atoms with van der Waals surface area (Å²) in [4.78, 5) is 41.6. The maximum absolute atomic E-state index is 13.9. The molecule has 3 aromatic rings. The summed E-state index contributed by atoms with van der Waals surface area (Å²) in [6.07, 6.45) is 11.0. The first-order valence-corrected chi connectivity index (χ1v) is 15.1. The van der Waals surface area contributed by atoms with E-state index in [9.17, 15) is 14.4 Å². The third-order valence-corrected chi connectivity index (χ3v) is 8.26. The van der Waals surface area contributed by atoms with Crippen molar-refractivity contribution in [3.63, 3.8) is 0 Å². The van der Waals surface area contributed by atoms with Gasteiger partial charge in [-0.15, -0.1) is 5.10 Å². The van der Waals surface area contributed by atoms with E-state index in [-0.39, 0.29) is 17.7 Å². The summed E-state index contributed by atoms with van der Waals surface area (Å²) >= 11 is 6.25. The highest BCUT2D eigenvalue weighted by molar-refractivity contribution is 6.30. The zero-order chi connectivity index (χ0) is 30.6. The van der Waals surface area contributed by atoms with Crippen molar-refractivity contribution in [1.29, 1.82) is 0 Å². The minimum atomic E-state index is -0.607. The van der Waals surface area contributed by atoms with Crippen molar-refractivity contribution in [3.8, 4) is 5.69 Å². The number of likely N-dealkylation sites (tertiary alicyclic amines) is 1. The molecule has 10 nitrogen and oxygen atoms in total. The summed E-state index contributed by atoms with van der Waals surface area (Å²) in [7, 11) is 0. The second-order valence-electron chi connectivity index (χ2n) is 12.2. The molecule has 1 aliphatic heterocycles. The Labute approximate surface area is 256 Å². The van der Waals surface area contributed by atoms with Crippen LogP contribution in [0.25, 0.3) is 11.8 Å². The van der Waals surface area contributed by atoms with E-state index in [4.69, 9.17) is 16.3 Å². The summed E-state index contributed by atoms with van der Waals surface area (Å²) in [5, 5.41) is 14.9. The van der Waals surface area contributed by atoms with Gasteiger partial charge in [0.05, 0.1) is 11.3 Å². The molecule has 1 saturated heterocycles. The molecular weight excluding hydrogens is 568 g/mol. The highest BCUT2D eigenvalue weighted by atomic mass is 35.5. The number of hydrogen-bond acceptors (Lipinski definition) is 7. The van der Waals surface area contributed by atoms with Crippen molar-refractivity contribution >= 4 is 41.1 Å². The lowest BCUT2D eigenvalue weighted by molar-refractivity contribution is -0.134. The van der Waals surface area contributed by atoms with Crippen LogP contribution < -0.4 is 5.32 Å². The number of benzene rings is 2. The number of rotatable bonds is 7. The van der Waals surface area contributed by atoms with Crippen LogP contribution in [0, 0.1) is 11.8 Å². The van der Waals surface area contributed by atoms with Gasteiger partial charge in [-0.3, -0.25) is 9.59 Å². The molecule has 43 heavy (non-hydrogen) atoms. The number of amides is 2. The number of nitrogens with one attached hydrogen (secondary N) is 1. The van der Waals surface area contributed by atoms with E-state index in [1.807, 2.05) is 20.8 Å². The Morgan fingerprint density at radius 3 is 2.44 bits per heavy atom. The van der Waals surface area contributed by atoms with Crippen molar-refractivity contribution in [2.45, 2.75) is 70.9 Å². The molecule has 1 saturated carbocycles. The van der Waals surface area contributed by atoms with E-state index in [1.54, 1.807) is 53.4 Å². The number of nitrogens with zero attached hydrogens (tertiary/aromatic N) is 5. The van der Waals surface area contributed by atoms with Crippen molar-refractivity contribution in [3.05, 3.63) is 71.0 Å². The van der Waals surface area contributed by atoms with Crippen LogP contribution in [0.5, 0.6) is 0 Å². The number of anilines is 1. The van der Waals surface area contributed by atoms with E-state index in [0.29, 0.717) is 40.0 Å². The zero-order valence-electron chi connectivity index (χ0n) is 24.7. The predicted octanol–water partition coefficient (Wildman–Crippen LogP) is 5.72. The van der Waals surface area contributed by atoms with Crippen molar-refractivity contribution in [2.24, 2.45) is 11.8 Å². The smallest absolute Gasteiger partial charge is 0.338 e. The maximum Gasteiger partial charge on any atom is 0.338 e. The highest BCUT2D eigenvalue weighted by Crippen LogP contribution is 2.39. The molecule has 1 aliphatic carbocycles. The number of ether oxygens (including phenoxy) is 1. The minimum Gasteiger partial charge on any atom is -0.456 e. The fraction of sp³-hybridized carbons (Fsp3) is 0.438. The Morgan fingerprint density at radius 1 is 1.02 bits per heavy atom. The van der Waals surface area contributed by atoms with Gasteiger partial charge in [0.1, 0.15) is 18.0 Å². The van der Waals surface area contributed by atoms with Gasteiger partial charge in [-0.1, -0.05) is 43.7 Å². The molecule has 0 bridgehead atoms. The van der Waals surface area contributed by atoms with Crippen LogP contribution in [-0.2, 0) is 14.3 Å². The van der Waals surface area contributed by atoms with Gasteiger partial charge < -0.3 is 15.0 Å². The van der Waals surface area contributed by atoms with Gasteiger partial charge in [0.25, 0.3) is 0 Å². The van der Waals surface area contributed by atoms with Crippen LogP contribution in [0.2, 0.25) is 5.02 Å². The van der Waals surface area contributed by atoms with E-state index < -0.39 is 17.6 Å². The topological polar surface area (TPSA) is 119 Å². The number of carbonyl (C=O) groups is 3. The predicted molar refractivity (Wildman–Crippen MR) is 164 cm³/mol. The first-order valence-electron chi connectivity index (χ1n) is 14.7. The fourth-order valence-corrected chi connectivity index (χ4v) is 6.27. The monoisotopic (exact) mass is 604 g/mol. The normalized spacial score (nSPS) is 19.5. The average molecular weight is 605 g/mol. The Morgan fingerprint density at radius 2 is 1.77 bits per heavy atom. The van der Waals surface area contributed by atoms with Crippen LogP contribution in [0.4, 0.5) is 5.69 Å². The molecule has 0 spiro atoms. The highest BCUT2D eigenvalue weighted by Gasteiger charge is 2.44. The lowest BCUT2D eigenvalue weighted by atomic mass is 9.76. The summed E-state index contributed by atoms with van der Waals surface area (Å²) < 4.78 is 6.94. The van der Waals surface area contributed by atoms with Gasteiger partial charge in [0, 0.05) is 28.9 Å². The first-order chi connectivity index (χ1) is 20.6. The van der Waals surface area contributed by atoms with Crippen LogP contribution in [-0.4, -0.2) is 61.1 Å². The van der Waals surface area contributed by atoms with Gasteiger partial charge >= 0.3 is 5.97 Å². The molecule has 1 N–H and O–H groups in total. The Bertz CT molecular complexity index is 1480. The Hall–Kier alpha value is -4.05. The molecule has 1 aromatic heterocycles. The van der Waals surface area contributed by atoms with Gasteiger partial charge in [-0.25, -0.2) is 4.79 Å². The molecule has 2 atom stereocenters. The molecular formula is C32H37ClN6O4. The lowest BCUT2D eigenvalue weighted by Crippen LogP contribution is -2.47. The van der Waals surface area contributed by atoms with Crippen LogP contribution in [0.1, 0.15) is 75.2 Å². The minimum absolute atomic E-state index is 0.0710. The third-order valence-electron chi connectivity index (χ3n) is 8.03. The molecule has 2 aliphatic rings. The zero-order valence-corrected chi connectivity index (χ0v) is 25.5. The van der Waals surface area contributed by atoms with Gasteiger partial charge in [0.2, 0.25) is 11.8 Å². The van der Waals surface area contributed by atoms with E-state index in [1.165, 1.54) is 23.5 Å². The van der Waals surface area contributed by atoms with Crippen molar-refractivity contribution in [1.82, 2.24) is 25.1 Å². The third kappa shape index (κ3) is 7.48. The van der Waals surface area contributed by atoms with Gasteiger partial charge in [0.15, 0.2) is 0 Å². The number of halogens is 1. The molecule has 11 heteroatoms. The van der Waals surface area contributed by atoms with Crippen molar-refractivity contribution < 1.29 is 19.1 Å². The van der Waals surface area contributed by atoms with E-state index in [2.05, 4.69) is 20.8 Å². The van der Waals surface area contributed by atoms with Gasteiger partial charge in [-0.2, -0.15) is 4.68 Å². The molecule has 5 rings (SSSR count). The summed E-state index contributed by atoms with van der Waals surface area (Å²) in [5.41, 5.74) is 1.69. The van der Waals surface area contributed by atoms with Crippen LogP contribution in [0.3, 0.4) is 0 Å². The number of esters is 1. The number of aromatic nitrogens is 4. The summed E-state index contributed by atoms with van der Waals surface area (Å²) in [5.74, 6) is -0.440. The molecule has 0 radical (unpaired) electrons. The number of hydrogen-bond donors (Lipinski definition) is 1. The SMILES string of the molecule is CC(C)(C)OC(=O)c1ccc(NC(=O)[C@H]2[C@H](C3CCCCC3)CCN2C(=O)/C=C/c2cc(Cl)ccc2-n2cnnn2)cc1. The molecule has 2 heterocycles. The fourth-order valence-electron chi connectivity index (χ4n) is 6.09. The quantitative estimate of drug-likeness (QED) is 0.270. The lowest BCUT2D eigenvalue weighted by Gasteiger charge is -2.33. The standard InChI is InChI=1S/C32H37ClN6O4/c1-32(2,3)43-31(42)22-9-13-25(14-10-22)35-30(41)29-26(21-7-5-4-6-8-21)17-18-38(29)28(40)16-11-23-19-24(33)12-15-27(23)39-20-34-36-37-39/h9-16,19-21,26,29H,4-8,17-18H2,1-3H3,(H,35,41)/b16-11+/t26-,29+/m0/s1. The Balaban J connectivity index is 1.35. The average Bonchev–Trinajstić information content (AvgIpc) is 3.67. The summed E-state index contributed by atoms with van der Waals surface area (Å²) in [6, 6.07) is 11.3. The second kappa shape index (κ2) is 13.1. The van der Waals surface area contributed by atoms with Crippen molar-refractivity contribution in [2.75, 3.05) is 11.9 Å². The molecule has 2 aromatic carbocycles. The first kappa shape index (κ1) is 30.4. The second-order valence-corrected chi connectivity index (χ2v) is 12.6. The maximum atomic E-state index is 13.9. The van der Waals surface area contributed by atoms with Gasteiger partial charge in [-0.05, 0) is 98.0 Å². The molecule has 0 unspecified atom stereocenters. The van der Waals surface area contributed by atoms with Crippen LogP contribution in [0.15, 0.2) is 54.9 Å².